The Morgan fingerprint density at radius 1 is 1.03 bits per heavy atom. The summed E-state index contributed by atoms with van der Waals surface area (Å²) in [5.41, 5.74) is 4.92. The minimum Gasteiger partial charge on any atom is -0.493 e. The van der Waals surface area contributed by atoms with Crippen molar-refractivity contribution in [2.45, 2.75) is 59.4 Å². The first-order valence-corrected chi connectivity index (χ1v) is 13.6. The summed E-state index contributed by atoms with van der Waals surface area (Å²) in [6.07, 6.45) is 6.30. The first-order chi connectivity index (χ1) is 18.9. The molecule has 1 saturated carbocycles. The second-order valence-electron chi connectivity index (χ2n) is 10.2. The minimum atomic E-state index is -0.517. The van der Waals surface area contributed by atoms with Crippen molar-refractivity contribution >= 4 is 39.2 Å². The van der Waals surface area contributed by atoms with Gasteiger partial charge >= 0.3 is 5.97 Å². The van der Waals surface area contributed by atoms with Crippen LogP contribution in [-0.4, -0.2) is 27.8 Å². The lowest BCUT2D eigenvalue weighted by Crippen LogP contribution is -2.15. The van der Waals surface area contributed by atoms with E-state index in [-0.39, 0.29) is 10.6 Å². The molecule has 8 heteroatoms. The summed E-state index contributed by atoms with van der Waals surface area (Å²) in [6.45, 7) is 6.78. The second-order valence-corrected chi connectivity index (χ2v) is 10.2. The number of hydrogen-bond donors (Lipinski definition) is 0. The number of carbonyl (C=O) groups excluding carboxylic acids is 1. The molecule has 0 saturated heterocycles. The maximum Gasteiger partial charge on any atom is 0.332 e. The van der Waals surface area contributed by atoms with Gasteiger partial charge in [-0.1, -0.05) is 30.5 Å². The molecule has 4 aromatic rings. The predicted molar refractivity (Wildman–Crippen MR) is 152 cm³/mol. The lowest BCUT2D eigenvalue weighted by molar-refractivity contribution is -0.384. The van der Waals surface area contributed by atoms with Crippen molar-refractivity contribution in [3.8, 4) is 5.75 Å². The van der Waals surface area contributed by atoms with Crippen LogP contribution in [0.4, 0.5) is 5.69 Å². The normalized spacial score (nSPS) is 14.6. The molecule has 5 rings (SSSR count). The van der Waals surface area contributed by atoms with Crippen LogP contribution in [0.15, 0.2) is 59.8 Å². The summed E-state index contributed by atoms with van der Waals surface area (Å²) >= 11 is 0. The highest BCUT2D eigenvalue weighted by Gasteiger charge is 2.19. The van der Waals surface area contributed by atoms with Crippen molar-refractivity contribution in [2.75, 3.05) is 6.61 Å². The number of non-ortho nitro benzene ring substituents is 1. The number of aromatic nitrogens is 1. The fraction of sp³-hybridized carbons (Fsp3) is 0.355. The molecule has 0 atom stereocenters. The van der Waals surface area contributed by atoms with Gasteiger partial charge in [-0.2, -0.15) is 0 Å². The lowest BCUT2D eigenvalue weighted by Gasteiger charge is -2.22. The highest BCUT2D eigenvalue weighted by atomic mass is 16.7. The molecule has 1 aliphatic carbocycles. The summed E-state index contributed by atoms with van der Waals surface area (Å²) in [6, 6.07) is 16.7. The third-order valence-electron chi connectivity index (χ3n) is 7.58. The minimum absolute atomic E-state index is 0.0384. The summed E-state index contributed by atoms with van der Waals surface area (Å²) in [5, 5.41) is 17.4. The second kappa shape index (κ2) is 11.3. The highest BCUT2D eigenvalue weighted by molar-refractivity contribution is 6.17. The fourth-order valence-corrected chi connectivity index (χ4v) is 5.62. The van der Waals surface area contributed by atoms with E-state index in [4.69, 9.17) is 9.57 Å². The molecule has 39 heavy (non-hydrogen) atoms. The summed E-state index contributed by atoms with van der Waals surface area (Å²) in [4.78, 5) is 27.9. The summed E-state index contributed by atoms with van der Waals surface area (Å²) < 4.78 is 8.26. The number of nitrogens with zero attached hydrogens (tertiary/aromatic N) is 3. The number of carbonyl (C=O) groups is 1. The van der Waals surface area contributed by atoms with Crippen LogP contribution in [0.25, 0.3) is 21.8 Å². The molecule has 0 radical (unpaired) electrons. The Kier molecular flexibility index (Phi) is 7.63. The van der Waals surface area contributed by atoms with Crippen molar-refractivity contribution in [3.63, 3.8) is 0 Å². The van der Waals surface area contributed by atoms with E-state index in [1.165, 1.54) is 45.1 Å². The molecule has 1 fully saturated rings. The molecule has 0 spiro atoms. The molecule has 0 bridgehead atoms. The average Bonchev–Trinajstić information content (AvgIpc) is 3.25. The van der Waals surface area contributed by atoms with Crippen LogP contribution in [0.3, 0.4) is 0 Å². The lowest BCUT2D eigenvalue weighted by atomic mass is 9.90. The van der Waals surface area contributed by atoms with E-state index in [2.05, 4.69) is 9.72 Å². The summed E-state index contributed by atoms with van der Waals surface area (Å²) in [5.74, 6) is 0.895. The van der Waals surface area contributed by atoms with Crippen LogP contribution in [-0.2, 0) is 16.2 Å². The molecular formula is C31H33N3O5. The number of fused-ring (bicyclic) bond motifs is 3. The number of oxime groups is 1. The number of benzene rings is 3. The number of hydrogen-bond acceptors (Lipinski definition) is 6. The molecule has 1 heterocycles. The third-order valence-corrected chi connectivity index (χ3v) is 7.58. The first-order valence-electron chi connectivity index (χ1n) is 13.6. The molecule has 0 amide bonds. The van der Waals surface area contributed by atoms with Crippen LogP contribution in [0.1, 0.15) is 62.6 Å². The smallest absolute Gasteiger partial charge is 0.332 e. The van der Waals surface area contributed by atoms with E-state index in [9.17, 15) is 14.9 Å². The maximum atomic E-state index is 11.7. The molecule has 0 N–H and O–H groups in total. The Labute approximate surface area is 227 Å². The monoisotopic (exact) mass is 527 g/mol. The first kappa shape index (κ1) is 26.4. The van der Waals surface area contributed by atoms with E-state index in [0.29, 0.717) is 18.2 Å². The zero-order chi connectivity index (χ0) is 27.5. The fourth-order valence-electron chi connectivity index (χ4n) is 5.62. The van der Waals surface area contributed by atoms with Crippen LogP contribution in [0.2, 0.25) is 0 Å². The molecule has 8 nitrogen and oxygen atoms in total. The van der Waals surface area contributed by atoms with E-state index >= 15 is 0 Å². The SMILES string of the molecule is CCn1c2ccc(C(=NOC(C)=O)c3ccc(OCC4CCCCC4)cc3C)cc2c2cc([N+](=O)[O-])ccc21. The quantitative estimate of drug-likeness (QED) is 0.104. The molecular weight excluding hydrogens is 494 g/mol. The highest BCUT2D eigenvalue weighted by Crippen LogP contribution is 2.33. The Morgan fingerprint density at radius 2 is 1.74 bits per heavy atom. The van der Waals surface area contributed by atoms with Gasteiger partial charge in [-0.15, -0.1) is 0 Å². The van der Waals surface area contributed by atoms with Gasteiger partial charge in [-0.05, 0) is 74.6 Å². The van der Waals surface area contributed by atoms with Crippen molar-refractivity contribution in [1.82, 2.24) is 4.57 Å². The third kappa shape index (κ3) is 5.50. The topological polar surface area (TPSA) is 96.0 Å². The van der Waals surface area contributed by atoms with Crippen molar-refractivity contribution in [3.05, 3.63) is 81.4 Å². The van der Waals surface area contributed by atoms with Crippen LogP contribution in [0, 0.1) is 23.0 Å². The van der Waals surface area contributed by atoms with Gasteiger partial charge in [0.2, 0.25) is 0 Å². The molecule has 3 aromatic carbocycles. The van der Waals surface area contributed by atoms with Gasteiger partial charge in [-0.25, -0.2) is 4.79 Å². The number of nitro groups is 1. The predicted octanol–water partition coefficient (Wildman–Crippen LogP) is 7.31. The molecule has 202 valence electrons. The van der Waals surface area contributed by atoms with Gasteiger partial charge in [0.1, 0.15) is 11.5 Å². The summed E-state index contributed by atoms with van der Waals surface area (Å²) in [7, 11) is 0. The Hall–Kier alpha value is -4.20. The van der Waals surface area contributed by atoms with Gasteiger partial charge in [0.15, 0.2) is 0 Å². The zero-order valence-electron chi connectivity index (χ0n) is 22.6. The van der Waals surface area contributed by atoms with Crippen molar-refractivity contribution in [1.29, 1.82) is 0 Å². The van der Waals surface area contributed by atoms with E-state index in [1.807, 2.05) is 50.2 Å². The van der Waals surface area contributed by atoms with Crippen molar-refractivity contribution < 1.29 is 19.3 Å². The number of rotatable bonds is 8. The average molecular weight is 528 g/mol. The Balaban J connectivity index is 1.55. The van der Waals surface area contributed by atoms with Gasteiger partial charge in [0, 0.05) is 58.5 Å². The number of aryl methyl sites for hydroxylation is 2. The van der Waals surface area contributed by atoms with Crippen LogP contribution >= 0.6 is 0 Å². The largest absolute Gasteiger partial charge is 0.493 e. The number of nitro benzene ring substituents is 1. The van der Waals surface area contributed by atoms with Gasteiger partial charge in [-0.3, -0.25) is 10.1 Å². The molecule has 0 aliphatic heterocycles. The Bertz CT molecular complexity index is 1580. The van der Waals surface area contributed by atoms with Gasteiger partial charge in [0.05, 0.1) is 11.5 Å². The standard InChI is InChI=1S/C31H33N3O5/c1-4-33-29-14-10-23(17-27(29)28-18-24(34(36)37)11-15-30(28)33)31(32-39-21(3)35)26-13-12-25(16-20(26)2)38-19-22-8-6-5-7-9-22/h10-18,22H,4-9,19H2,1-3H3. The van der Waals surface area contributed by atoms with E-state index < -0.39 is 5.97 Å². The molecule has 0 unspecified atom stereocenters. The van der Waals surface area contributed by atoms with Crippen molar-refractivity contribution in [2.24, 2.45) is 11.1 Å². The van der Waals surface area contributed by atoms with Gasteiger partial charge in [0.25, 0.3) is 5.69 Å². The molecule has 1 aliphatic rings. The molecule has 1 aromatic heterocycles. The maximum absolute atomic E-state index is 11.7. The Morgan fingerprint density at radius 3 is 2.41 bits per heavy atom. The van der Waals surface area contributed by atoms with E-state index in [0.717, 1.165) is 50.9 Å². The van der Waals surface area contributed by atoms with E-state index in [1.54, 1.807) is 12.1 Å². The van der Waals surface area contributed by atoms with Gasteiger partial charge < -0.3 is 14.1 Å². The number of ether oxygens (including phenoxy) is 1. The van der Waals surface area contributed by atoms with Crippen LogP contribution in [0.5, 0.6) is 5.75 Å². The zero-order valence-corrected chi connectivity index (χ0v) is 22.6. The van der Waals surface area contributed by atoms with Crippen LogP contribution < -0.4 is 4.74 Å².